The van der Waals surface area contributed by atoms with Gasteiger partial charge in [0.05, 0.1) is 55.1 Å². The fourth-order valence-electron chi connectivity index (χ4n) is 4.68. The van der Waals surface area contributed by atoms with Crippen LogP contribution in [0.15, 0.2) is 35.8 Å². The molecule has 14 heteroatoms. The Bertz CT molecular complexity index is 1530. The summed E-state index contributed by atoms with van der Waals surface area (Å²) in [5, 5.41) is 6.88. The van der Waals surface area contributed by atoms with E-state index in [2.05, 4.69) is 27.2 Å². The van der Waals surface area contributed by atoms with Crippen molar-refractivity contribution in [1.82, 2.24) is 24.8 Å². The monoisotopic (exact) mass is 604 g/mol. The van der Waals surface area contributed by atoms with Crippen molar-refractivity contribution in [1.29, 1.82) is 0 Å². The highest BCUT2D eigenvalue weighted by molar-refractivity contribution is 6.41. The maximum atomic E-state index is 13.9. The lowest BCUT2D eigenvalue weighted by atomic mass is 10.0. The van der Waals surface area contributed by atoms with Crippen molar-refractivity contribution in [2.24, 2.45) is 0 Å². The number of likely N-dealkylation sites (tertiary alicyclic amines) is 1. The van der Waals surface area contributed by atoms with Gasteiger partial charge in [-0.15, -0.1) is 0 Å². The summed E-state index contributed by atoms with van der Waals surface area (Å²) in [5.74, 6) is 0.299. The quantitative estimate of drug-likeness (QED) is 0.335. The first-order chi connectivity index (χ1) is 19.6. The number of anilines is 1. The molecule has 1 fully saturated rings. The molecule has 2 atom stereocenters. The number of nitrogens with one attached hydrogen (secondary N) is 2. The molecule has 1 aliphatic heterocycles. The Morgan fingerprint density at radius 1 is 1.12 bits per heavy atom. The Balaban J connectivity index is 1.82. The zero-order valence-electron chi connectivity index (χ0n) is 23.0. The molecule has 218 valence electrons. The Morgan fingerprint density at radius 2 is 1.78 bits per heavy atom. The molecule has 3 aromatic rings. The van der Waals surface area contributed by atoms with E-state index in [1.807, 2.05) is 0 Å². The average molecular weight is 605 g/mol. The maximum Gasteiger partial charge on any atom is 0.260 e. The van der Waals surface area contributed by atoms with Crippen molar-refractivity contribution in [3.63, 3.8) is 0 Å². The van der Waals surface area contributed by atoms with E-state index in [4.69, 9.17) is 37.4 Å². The fraction of sp³-hybridized carbons (Fsp3) is 0.370. The predicted molar refractivity (Wildman–Crippen MR) is 156 cm³/mol. The molecule has 0 radical (unpaired) electrons. The molecule has 2 amide bonds. The number of ether oxygens (including phenoxy) is 3. The van der Waals surface area contributed by atoms with Gasteiger partial charge >= 0.3 is 0 Å². The zero-order valence-corrected chi connectivity index (χ0v) is 24.5. The number of halogens is 2. The predicted octanol–water partition coefficient (Wildman–Crippen LogP) is 2.74. The van der Waals surface area contributed by atoms with Gasteiger partial charge in [0.2, 0.25) is 17.8 Å². The van der Waals surface area contributed by atoms with Crippen LogP contribution in [0, 0.1) is 0 Å². The molecule has 3 heterocycles. The van der Waals surface area contributed by atoms with Crippen LogP contribution in [-0.4, -0.2) is 84.4 Å². The van der Waals surface area contributed by atoms with Crippen molar-refractivity contribution in [2.75, 3.05) is 46.3 Å². The molecule has 1 aromatic carbocycles. The summed E-state index contributed by atoms with van der Waals surface area (Å²) in [6.45, 7) is 5.98. The van der Waals surface area contributed by atoms with Gasteiger partial charge in [-0.1, -0.05) is 29.8 Å². The second-order valence-corrected chi connectivity index (χ2v) is 10.0. The van der Waals surface area contributed by atoms with Gasteiger partial charge in [0.15, 0.2) is 0 Å². The number of hydrogen-bond acceptors (Lipinski definition) is 9. The van der Waals surface area contributed by atoms with Crippen LogP contribution < -0.4 is 25.7 Å². The van der Waals surface area contributed by atoms with Crippen molar-refractivity contribution in [3.8, 4) is 22.6 Å². The third-order valence-electron chi connectivity index (χ3n) is 6.78. The lowest BCUT2D eigenvalue weighted by Crippen LogP contribution is -2.45. The summed E-state index contributed by atoms with van der Waals surface area (Å²) >= 11 is 13.3. The first kappa shape index (κ1) is 30.1. The van der Waals surface area contributed by atoms with E-state index in [0.717, 1.165) is 0 Å². The van der Waals surface area contributed by atoms with Crippen LogP contribution in [0.5, 0.6) is 11.5 Å². The van der Waals surface area contributed by atoms with E-state index in [0.29, 0.717) is 24.1 Å². The second kappa shape index (κ2) is 12.8. The van der Waals surface area contributed by atoms with E-state index < -0.39 is 11.6 Å². The van der Waals surface area contributed by atoms with Gasteiger partial charge in [-0.3, -0.25) is 19.0 Å². The summed E-state index contributed by atoms with van der Waals surface area (Å²) in [4.78, 5) is 48.6. The van der Waals surface area contributed by atoms with Crippen LogP contribution in [0.1, 0.15) is 6.92 Å². The van der Waals surface area contributed by atoms with Crippen LogP contribution >= 0.6 is 23.2 Å². The minimum Gasteiger partial charge on any atom is -0.495 e. The number of fused-ring (bicyclic) bond motifs is 1. The van der Waals surface area contributed by atoms with Gasteiger partial charge < -0.3 is 29.7 Å². The Labute approximate surface area is 246 Å². The highest BCUT2D eigenvalue weighted by atomic mass is 35.5. The molecular formula is C27H30Cl2N6O6. The van der Waals surface area contributed by atoms with Crippen molar-refractivity contribution < 1.29 is 23.8 Å². The first-order valence-corrected chi connectivity index (χ1v) is 13.3. The Kier molecular flexibility index (Phi) is 9.36. The van der Waals surface area contributed by atoms with Gasteiger partial charge in [0.1, 0.15) is 17.1 Å². The molecule has 0 saturated carbocycles. The SMILES string of the molecule is C=CC(=O)NC1CN(C(C)=O)CC1Nc1ncc2cc(-c3c(Cl)c(OC)cc(OC)c3Cl)c(=O)n(CCOC)c2n1. The summed E-state index contributed by atoms with van der Waals surface area (Å²) < 4.78 is 17.5. The van der Waals surface area contributed by atoms with E-state index in [9.17, 15) is 14.4 Å². The number of aromatic nitrogens is 3. The van der Waals surface area contributed by atoms with Crippen molar-refractivity contribution in [3.05, 3.63) is 51.4 Å². The average Bonchev–Trinajstić information content (AvgIpc) is 3.35. The highest BCUT2D eigenvalue weighted by Crippen LogP contribution is 2.45. The molecule has 2 aromatic heterocycles. The Morgan fingerprint density at radius 3 is 2.37 bits per heavy atom. The summed E-state index contributed by atoms with van der Waals surface area (Å²) in [6, 6.07) is 2.35. The van der Waals surface area contributed by atoms with Crippen LogP contribution in [-0.2, 0) is 20.9 Å². The third-order valence-corrected chi connectivity index (χ3v) is 7.53. The van der Waals surface area contributed by atoms with Gasteiger partial charge in [0, 0.05) is 50.3 Å². The molecule has 2 N–H and O–H groups in total. The molecule has 2 unspecified atom stereocenters. The normalized spacial score (nSPS) is 16.5. The number of benzene rings is 1. The summed E-state index contributed by atoms with van der Waals surface area (Å²) in [6.07, 6.45) is 2.73. The van der Waals surface area contributed by atoms with E-state index in [1.165, 1.54) is 38.9 Å². The molecule has 12 nitrogen and oxygen atoms in total. The van der Waals surface area contributed by atoms with E-state index in [1.54, 1.807) is 23.2 Å². The number of hydrogen-bond donors (Lipinski definition) is 2. The number of rotatable bonds is 10. The van der Waals surface area contributed by atoms with E-state index in [-0.39, 0.29) is 69.6 Å². The number of carbonyl (C=O) groups excluding carboxylic acids is 2. The molecule has 0 bridgehead atoms. The molecule has 1 aliphatic rings. The summed E-state index contributed by atoms with van der Waals surface area (Å²) in [7, 11) is 4.43. The van der Waals surface area contributed by atoms with Gasteiger partial charge in [-0.25, -0.2) is 4.98 Å². The highest BCUT2D eigenvalue weighted by Gasteiger charge is 2.35. The van der Waals surface area contributed by atoms with Crippen LogP contribution in [0.25, 0.3) is 22.2 Å². The lowest BCUT2D eigenvalue weighted by molar-refractivity contribution is -0.128. The summed E-state index contributed by atoms with van der Waals surface area (Å²) in [5.41, 5.74) is 0.368. The van der Waals surface area contributed by atoms with Crippen LogP contribution in [0.2, 0.25) is 10.0 Å². The van der Waals surface area contributed by atoms with Crippen LogP contribution in [0.4, 0.5) is 5.95 Å². The van der Waals surface area contributed by atoms with Gasteiger partial charge in [-0.05, 0) is 12.1 Å². The maximum absolute atomic E-state index is 13.9. The van der Waals surface area contributed by atoms with Gasteiger partial charge in [0.25, 0.3) is 5.56 Å². The third kappa shape index (κ3) is 6.09. The number of amides is 2. The number of nitrogens with zero attached hydrogens (tertiary/aromatic N) is 4. The molecule has 0 spiro atoms. The Hall–Kier alpha value is -3.87. The van der Waals surface area contributed by atoms with Crippen LogP contribution in [0.3, 0.4) is 0 Å². The van der Waals surface area contributed by atoms with E-state index >= 15 is 0 Å². The number of pyridine rings is 1. The molecule has 41 heavy (non-hydrogen) atoms. The molecule has 0 aliphatic carbocycles. The minimum absolute atomic E-state index is 0.126. The standard InChI is InChI=1S/C27H30Cl2N6O6/c1-6-21(37)31-17-12-34(14(2)36)13-18(17)32-27-30-11-15-9-16(26(38)35(7-8-39-3)25(15)33-27)22-23(28)19(40-4)10-20(41-5)24(22)29/h6,9-11,17-18H,1,7-8,12-13H2,2-5H3,(H,31,37)(H,30,32,33). The topological polar surface area (TPSA) is 137 Å². The zero-order chi connectivity index (χ0) is 29.8. The molecule has 4 rings (SSSR count). The largest absolute Gasteiger partial charge is 0.495 e. The van der Waals surface area contributed by atoms with Gasteiger partial charge in [-0.2, -0.15) is 4.98 Å². The fourth-order valence-corrected chi connectivity index (χ4v) is 5.39. The van der Waals surface area contributed by atoms with Crippen molar-refractivity contribution in [2.45, 2.75) is 25.6 Å². The molecule has 1 saturated heterocycles. The minimum atomic E-state index is -0.418. The number of carbonyl (C=O) groups is 2. The smallest absolute Gasteiger partial charge is 0.260 e. The number of methoxy groups -OCH3 is 3. The lowest BCUT2D eigenvalue weighted by Gasteiger charge is -2.21. The first-order valence-electron chi connectivity index (χ1n) is 12.6. The molecular weight excluding hydrogens is 575 g/mol. The second-order valence-electron chi connectivity index (χ2n) is 9.26. The van der Waals surface area contributed by atoms with Crippen molar-refractivity contribution >= 4 is 52.0 Å².